The fourth-order valence-electron chi connectivity index (χ4n) is 4.15. The largest absolute Gasteiger partial charge is 0.333 e. The van der Waals surface area contributed by atoms with Crippen LogP contribution in [0.4, 0.5) is 0 Å². The first kappa shape index (κ1) is 27.6. The van der Waals surface area contributed by atoms with E-state index < -0.39 is 17.8 Å². The molecule has 0 atom stereocenters. The molecule has 0 spiro atoms. The zero-order valence-electron chi connectivity index (χ0n) is 20.1. The highest BCUT2D eigenvalue weighted by Crippen LogP contribution is 2.16. The van der Waals surface area contributed by atoms with Crippen LogP contribution in [-0.4, -0.2) is 22.8 Å². The molecule has 0 aliphatic carbocycles. The van der Waals surface area contributed by atoms with E-state index in [4.69, 9.17) is 4.84 Å². The summed E-state index contributed by atoms with van der Waals surface area (Å²) in [7, 11) is 0. The molecule has 1 saturated heterocycles. The van der Waals surface area contributed by atoms with Crippen molar-refractivity contribution < 1.29 is 19.2 Å². The van der Waals surface area contributed by atoms with Gasteiger partial charge in [0.1, 0.15) is 0 Å². The molecule has 1 rings (SSSR count). The molecule has 1 fully saturated rings. The number of hydrogen-bond donors (Lipinski definition) is 0. The van der Waals surface area contributed by atoms with Gasteiger partial charge < -0.3 is 4.84 Å². The van der Waals surface area contributed by atoms with Crippen LogP contribution in [-0.2, 0) is 19.2 Å². The van der Waals surface area contributed by atoms with E-state index in [9.17, 15) is 14.4 Å². The van der Waals surface area contributed by atoms with E-state index in [1.807, 2.05) is 0 Å². The maximum Gasteiger partial charge on any atom is 0.333 e. The van der Waals surface area contributed by atoms with Crippen LogP contribution >= 0.6 is 0 Å². The fourth-order valence-corrected chi connectivity index (χ4v) is 4.15. The van der Waals surface area contributed by atoms with Crippen molar-refractivity contribution in [2.24, 2.45) is 0 Å². The van der Waals surface area contributed by atoms with Crippen LogP contribution in [0.3, 0.4) is 0 Å². The number of amides is 2. The lowest BCUT2D eigenvalue weighted by molar-refractivity contribution is -0.197. The summed E-state index contributed by atoms with van der Waals surface area (Å²) in [5, 5.41) is 0.637. The third kappa shape index (κ3) is 15.1. The molecule has 5 heteroatoms. The minimum Gasteiger partial charge on any atom is -0.330 e. The molecular formula is C26H47NO4. The molecule has 0 bridgehead atoms. The smallest absolute Gasteiger partial charge is 0.330 e. The summed E-state index contributed by atoms with van der Waals surface area (Å²) >= 11 is 0. The molecule has 0 N–H and O–H groups in total. The van der Waals surface area contributed by atoms with Crippen LogP contribution in [0.1, 0.15) is 148 Å². The summed E-state index contributed by atoms with van der Waals surface area (Å²) in [6.45, 7) is 2.28. The van der Waals surface area contributed by atoms with E-state index >= 15 is 0 Å². The van der Waals surface area contributed by atoms with Crippen molar-refractivity contribution in [2.75, 3.05) is 0 Å². The molecule has 0 aromatic heterocycles. The number of nitrogens with zero attached hydrogens (tertiary/aromatic N) is 1. The minimum atomic E-state index is -0.476. The molecule has 1 aliphatic heterocycles. The van der Waals surface area contributed by atoms with E-state index in [0.29, 0.717) is 5.06 Å². The van der Waals surface area contributed by atoms with Gasteiger partial charge in [-0.15, -0.1) is 5.06 Å². The first-order chi connectivity index (χ1) is 15.1. The molecule has 0 saturated carbocycles. The second kappa shape index (κ2) is 19.3. The molecular weight excluding hydrogens is 390 g/mol. The van der Waals surface area contributed by atoms with Crippen LogP contribution in [0.15, 0.2) is 0 Å². The number of hydroxylamine groups is 2. The quantitative estimate of drug-likeness (QED) is 0.138. The van der Waals surface area contributed by atoms with Crippen molar-refractivity contribution in [1.29, 1.82) is 0 Å². The van der Waals surface area contributed by atoms with Crippen molar-refractivity contribution in [2.45, 2.75) is 148 Å². The SMILES string of the molecule is CCCCCCCCCCCCCCCCCCCCCC(=O)ON1C(=O)CCC1=O. The van der Waals surface area contributed by atoms with E-state index in [1.165, 1.54) is 103 Å². The zero-order valence-corrected chi connectivity index (χ0v) is 20.1. The highest BCUT2D eigenvalue weighted by atomic mass is 16.7. The standard InChI is InChI=1S/C26H47NO4/c1-2-3-4-5-6-7-8-9-10-11-12-13-14-15-16-17-18-19-20-21-26(30)31-27-24(28)22-23-25(27)29/h2-23H2,1H3. The van der Waals surface area contributed by atoms with Crippen LogP contribution < -0.4 is 0 Å². The molecule has 1 heterocycles. The Morgan fingerprint density at radius 3 is 1.29 bits per heavy atom. The molecule has 2 amide bonds. The third-order valence-electron chi connectivity index (χ3n) is 6.18. The van der Waals surface area contributed by atoms with Crippen molar-refractivity contribution >= 4 is 17.8 Å². The predicted octanol–water partition coefficient (Wildman–Crippen LogP) is 7.42. The van der Waals surface area contributed by atoms with Gasteiger partial charge in [-0.1, -0.05) is 122 Å². The fraction of sp³-hybridized carbons (Fsp3) is 0.885. The Morgan fingerprint density at radius 1 is 0.613 bits per heavy atom. The van der Waals surface area contributed by atoms with E-state index in [0.717, 1.165) is 19.3 Å². The second-order valence-corrected chi connectivity index (χ2v) is 9.16. The van der Waals surface area contributed by atoms with E-state index in [1.54, 1.807) is 0 Å². The van der Waals surface area contributed by atoms with Crippen LogP contribution in [0.25, 0.3) is 0 Å². The highest BCUT2D eigenvalue weighted by molar-refractivity contribution is 6.01. The Balaban J connectivity index is 1.75. The topological polar surface area (TPSA) is 63.7 Å². The van der Waals surface area contributed by atoms with Gasteiger partial charge in [0.05, 0.1) is 0 Å². The highest BCUT2D eigenvalue weighted by Gasteiger charge is 2.32. The van der Waals surface area contributed by atoms with Crippen LogP contribution in [0, 0.1) is 0 Å². The lowest BCUT2D eigenvalue weighted by atomic mass is 10.0. The zero-order chi connectivity index (χ0) is 22.6. The maximum atomic E-state index is 11.7. The average Bonchev–Trinajstić information content (AvgIpc) is 3.07. The monoisotopic (exact) mass is 437 g/mol. The summed E-state index contributed by atoms with van der Waals surface area (Å²) in [5.41, 5.74) is 0. The molecule has 0 aromatic carbocycles. The molecule has 0 radical (unpaired) electrons. The molecule has 5 nitrogen and oxygen atoms in total. The van der Waals surface area contributed by atoms with Gasteiger partial charge in [0.25, 0.3) is 11.8 Å². The minimum absolute atomic E-state index is 0.144. The number of hydrogen-bond acceptors (Lipinski definition) is 4. The Kier molecular flexibility index (Phi) is 17.2. The summed E-state index contributed by atoms with van der Waals surface area (Å²) in [5.74, 6) is -1.30. The number of unbranched alkanes of at least 4 members (excludes halogenated alkanes) is 18. The van der Waals surface area contributed by atoms with Gasteiger partial charge >= 0.3 is 5.97 Å². The lowest BCUT2D eigenvalue weighted by Crippen LogP contribution is -2.31. The number of carbonyl (C=O) groups excluding carboxylic acids is 3. The van der Waals surface area contributed by atoms with Crippen molar-refractivity contribution in [3.8, 4) is 0 Å². The van der Waals surface area contributed by atoms with Crippen LogP contribution in [0.5, 0.6) is 0 Å². The number of rotatable bonds is 21. The summed E-state index contributed by atoms with van der Waals surface area (Å²) < 4.78 is 0. The van der Waals surface area contributed by atoms with Gasteiger partial charge in [0.15, 0.2) is 0 Å². The predicted molar refractivity (Wildman–Crippen MR) is 125 cm³/mol. The van der Waals surface area contributed by atoms with Crippen LogP contribution in [0.2, 0.25) is 0 Å². The first-order valence-corrected chi connectivity index (χ1v) is 13.2. The maximum absolute atomic E-state index is 11.7. The van der Waals surface area contributed by atoms with Gasteiger partial charge in [0.2, 0.25) is 0 Å². The molecule has 31 heavy (non-hydrogen) atoms. The summed E-state index contributed by atoms with van der Waals surface area (Å²) in [4.78, 5) is 39.4. The van der Waals surface area contributed by atoms with Gasteiger partial charge in [-0.2, -0.15) is 0 Å². The Labute approximate surface area is 190 Å². The van der Waals surface area contributed by atoms with Gasteiger partial charge in [-0.3, -0.25) is 9.59 Å². The Hall–Kier alpha value is -1.39. The van der Waals surface area contributed by atoms with E-state index in [2.05, 4.69) is 6.92 Å². The Morgan fingerprint density at radius 2 is 0.935 bits per heavy atom. The first-order valence-electron chi connectivity index (χ1n) is 13.2. The van der Waals surface area contributed by atoms with Gasteiger partial charge in [-0.05, 0) is 6.42 Å². The van der Waals surface area contributed by atoms with E-state index in [-0.39, 0.29) is 19.3 Å². The number of carbonyl (C=O) groups is 3. The number of imide groups is 1. The van der Waals surface area contributed by atoms with Crippen molar-refractivity contribution in [3.05, 3.63) is 0 Å². The molecule has 0 aromatic rings. The van der Waals surface area contributed by atoms with Crippen molar-refractivity contribution in [1.82, 2.24) is 5.06 Å². The average molecular weight is 438 g/mol. The molecule has 180 valence electrons. The molecule has 1 aliphatic rings. The van der Waals surface area contributed by atoms with Gasteiger partial charge in [0, 0.05) is 19.3 Å². The van der Waals surface area contributed by atoms with Gasteiger partial charge in [-0.25, -0.2) is 4.79 Å². The normalized spacial score (nSPS) is 13.9. The second-order valence-electron chi connectivity index (χ2n) is 9.16. The summed E-state index contributed by atoms with van der Waals surface area (Å²) in [6, 6.07) is 0. The summed E-state index contributed by atoms with van der Waals surface area (Å²) in [6.07, 6.45) is 25.5. The lowest BCUT2D eigenvalue weighted by Gasteiger charge is -2.12. The molecule has 0 unspecified atom stereocenters. The third-order valence-corrected chi connectivity index (χ3v) is 6.18. The van der Waals surface area contributed by atoms with Crippen molar-refractivity contribution in [3.63, 3.8) is 0 Å². The Bertz CT molecular complexity index is 476.